The molecule has 0 saturated carbocycles. The lowest BCUT2D eigenvalue weighted by Crippen LogP contribution is -2.57. The average molecular weight is 481 g/mol. The topological polar surface area (TPSA) is 208 Å². The summed E-state index contributed by atoms with van der Waals surface area (Å²) >= 11 is 0. The maximum absolute atomic E-state index is 13.0. The molecule has 0 fully saturated rings. The number of rotatable bonds is 14. The van der Waals surface area contributed by atoms with Gasteiger partial charge in [-0.2, -0.15) is 0 Å². The number of aromatic hydroxyl groups is 1. The third kappa shape index (κ3) is 9.86. The van der Waals surface area contributed by atoms with Crippen molar-refractivity contribution in [1.82, 2.24) is 16.0 Å². The highest BCUT2D eigenvalue weighted by molar-refractivity contribution is 5.94. The Kier molecular flexibility index (Phi) is 11.5. The molecule has 0 aliphatic heterocycles. The second-order valence-electron chi connectivity index (χ2n) is 7.95. The van der Waals surface area contributed by atoms with E-state index in [1.165, 1.54) is 12.1 Å². The predicted octanol–water partition coefficient (Wildman–Crippen LogP) is -0.657. The Hall–Kier alpha value is -3.67. The summed E-state index contributed by atoms with van der Waals surface area (Å²) in [6.45, 7) is 2.94. The van der Waals surface area contributed by atoms with E-state index in [1.54, 1.807) is 19.1 Å². The molecule has 188 valence electrons. The molecule has 0 aliphatic carbocycles. The van der Waals surface area contributed by atoms with Gasteiger partial charge in [-0.25, -0.2) is 0 Å². The van der Waals surface area contributed by atoms with Gasteiger partial charge in [-0.1, -0.05) is 32.4 Å². The third-order valence-electron chi connectivity index (χ3n) is 5.26. The molecule has 0 radical (unpaired) electrons. The molecule has 0 aromatic heterocycles. The van der Waals surface area contributed by atoms with Crippen LogP contribution < -0.4 is 21.7 Å². The molecule has 0 spiro atoms. The highest BCUT2D eigenvalue weighted by Crippen LogP contribution is 2.13. The van der Waals surface area contributed by atoms with E-state index in [1.807, 2.05) is 6.92 Å². The van der Waals surface area contributed by atoms with Gasteiger partial charge in [0.15, 0.2) is 0 Å². The van der Waals surface area contributed by atoms with E-state index in [9.17, 15) is 29.1 Å². The Morgan fingerprint density at radius 1 is 0.912 bits per heavy atom. The molecule has 0 bridgehead atoms. The second-order valence-corrected chi connectivity index (χ2v) is 7.95. The lowest BCUT2D eigenvalue weighted by molar-refractivity contribution is -0.140. The van der Waals surface area contributed by atoms with Crippen LogP contribution in [-0.2, 0) is 30.4 Å². The molecular formula is C22H32N4O8. The number of aliphatic carboxylic acids is 2. The highest BCUT2D eigenvalue weighted by atomic mass is 16.4. The van der Waals surface area contributed by atoms with Gasteiger partial charge < -0.3 is 37.0 Å². The van der Waals surface area contributed by atoms with Gasteiger partial charge in [-0.3, -0.25) is 24.0 Å². The van der Waals surface area contributed by atoms with E-state index >= 15 is 0 Å². The maximum Gasteiger partial charge on any atom is 0.322 e. The molecule has 12 heteroatoms. The summed E-state index contributed by atoms with van der Waals surface area (Å²) in [5.41, 5.74) is 6.56. The summed E-state index contributed by atoms with van der Waals surface area (Å²) in [6, 6.07) is 2.52. The Morgan fingerprint density at radius 3 is 2.03 bits per heavy atom. The molecule has 8 N–H and O–H groups in total. The van der Waals surface area contributed by atoms with Crippen LogP contribution in [0.15, 0.2) is 24.3 Å². The number of carboxylic acids is 2. The van der Waals surface area contributed by atoms with Crippen LogP contribution in [0.1, 0.15) is 38.7 Å². The van der Waals surface area contributed by atoms with Gasteiger partial charge in [0.05, 0.1) is 6.04 Å². The quantitative estimate of drug-likeness (QED) is 0.180. The number of hydrogen-bond acceptors (Lipinski definition) is 7. The van der Waals surface area contributed by atoms with E-state index in [0.29, 0.717) is 12.0 Å². The number of carboxylic acid groups (broad SMARTS) is 2. The van der Waals surface area contributed by atoms with Gasteiger partial charge in [-0.15, -0.1) is 0 Å². The molecule has 34 heavy (non-hydrogen) atoms. The van der Waals surface area contributed by atoms with Gasteiger partial charge in [0.1, 0.15) is 24.4 Å². The molecule has 12 nitrogen and oxygen atoms in total. The molecule has 4 unspecified atom stereocenters. The van der Waals surface area contributed by atoms with E-state index < -0.39 is 60.8 Å². The minimum Gasteiger partial charge on any atom is -0.508 e. The number of nitrogens with two attached hydrogens (primary N) is 1. The molecule has 0 saturated heterocycles. The summed E-state index contributed by atoms with van der Waals surface area (Å²) in [5.74, 6) is -4.90. The number of hydrogen-bond donors (Lipinski definition) is 7. The highest BCUT2D eigenvalue weighted by Gasteiger charge is 2.30. The Labute approximate surface area is 196 Å². The fourth-order valence-electron chi connectivity index (χ4n) is 2.95. The van der Waals surface area contributed by atoms with Gasteiger partial charge in [0.2, 0.25) is 17.7 Å². The summed E-state index contributed by atoms with van der Waals surface area (Å²) in [7, 11) is 0. The number of nitrogens with one attached hydrogen (secondary N) is 3. The summed E-state index contributed by atoms with van der Waals surface area (Å²) in [5, 5.41) is 34.3. The molecule has 1 aromatic carbocycles. The van der Waals surface area contributed by atoms with Crippen molar-refractivity contribution in [2.45, 2.75) is 57.7 Å². The first kappa shape index (κ1) is 28.4. The summed E-state index contributed by atoms with van der Waals surface area (Å²) < 4.78 is 0. The molecule has 1 rings (SSSR count). The van der Waals surface area contributed by atoms with Crippen LogP contribution in [-0.4, -0.2) is 69.7 Å². The van der Waals surface area contributed by atoms with Crippen LogP contribution in [0.25, 0.3) is 0 Å². The number of benzene rings is 1. The summed E-state index contributed by atoms with van der Waals surface area (Å²) in [6.07, 6.45) is -0.129. The van der Waals surface area contributed by atoms with Crippen molar-refractivity contribution in [3.05, 3.63) is 29.8 Å². The zero-order chi connectivity index (χ0) is 25.8. The number of amides is 3. The van der Waals surface area contributed by atoms with E-state index in [0.717, 1.165) is 0 Å². The van der Waals surface area contributed by atoms with Crippen LogP contribution in [0.5, 0.6) is 5.75 Å². The first-order valence-corrected chi connectivity index (χ1v) is 10.8. The Bertz CT molecular complexity index is 874. The maximum atomic E-state index is 13.0. The lowest BCUT2D eigenvalue weighted by Gasteiger charge is -2.25. The van der Waals surface area contributed by atoms with Crippen LogP contribution in [0, 0.1) is 5.92 Å². The van der Waals surface area contributed by atoms with Crippen molar-refractivity contribution in [1.29, 1.82) is 0 Å². The Morgan fingerprint density at radius 2 is 1.50 bits per heavy atom. The number of carbonyl (C=O) groups is 5. The summed E-state index contributed by atoms with van der Waals surface area (Å²) in [4.78, 5) is 59.7. The van der Waals surface area contributed by atoms with Gasteiger partial charge in [0.25, 0.3) is 0 Å². The molecule has 4 atom stereocenters. The molecule has 0 aliphatic rings. The van der Waals surface area contributed by atoms with Crippen LogP contribution >= 0.6 is 0 Å². The number of carbonyl (C=O) groups excluding carboxylic acids is 3. The molecular weight excluding hydrogens is 448 g/mol. The van der Waals surface area contributed by atoms with Crippen molar-refractivity contribution >= 4 is 29.7 Å². The smallest absolute Gasteiger partial charge is 0.322 e. The fourth-order valence-corrected chi connectivity index (χ4v) is 2.95. The number of phenolic OH excluding ortho intramolecular Hbond substituents is 1. The minimum absolute atomic E-state index is 0.00647. The van der Waals surface area contributed by atoms with E-state index in [-0.39, 0.29) is 24.5 Å². The van der Waals surface area contributed by atoms with Crippen molar-refractivity contribution in [3.8, 4) is 5.75 Å². The Balaban J connectivity index is 3.09. The van der Waals surface area contributed by atoms with E-state index in [4.69, 9.17) is 15.9 Å². The first-order valence-electron chi connectivity index (χ1n) is 10.8. The first-order chi connectivity index (χ1) is 15.9. The SMILES string of the molecule is CCC(C)C(N)C(=O)NC(Cc1ccc(O)cc1)C(=O)NC(CCC(=O)O)C(=O)NCC(=O)O. The largest absolute Gasteiger partial charge is 0.508 e. The zero-order valence-corrected chi connectivity index (χ0v) is 19.1. The van der Waals surface area contributed by atoms with Crippen LogP contribution in [0.2, 0.25) is 0 Å². The number of phenols is 1. The fraction of sp³-hybridized carbons (Fsp3) is 0.500. The van der Waals surface area contributed by atoms with E-state index in [2.05, 4.69) is 16.0 Å². The average Bonchev–Trinajstić information content (AvgIpc) is 2.79. The minimum atomic E-state index is -1.34. The zero-order valence-electron chi connectivity index (χ0n) is 19.1. The van der Waals surface area contributed by atoms with Crippen molar-refractivity contribution in [2.24, 2.45) is 11.7 Å². The normalized spacial score (nSPS) is 14.2. The standard InChI is InChI=1S/C22H32N4O8/c1-3-12(2)19(23)22(34)26-16(10-13-4-6-14(27)7-5-13)21(33)25-15(8-9-17(28)29)20(32)24-11-18(30)31/h4-7,12,15-16,19,27H,3,8-11,23H2,1-2H3,(H,24,32)(H,25,33)(H,26,34)(H,28,29)(H,30,31). The van der Waals surface area contributed by atoms with Gasteiger partial charge >= 0.3 is 11.9 Å². The molecule has 0 heterocycles. The molecule has 3 amide bonds. The second kappa shape index (κ2) is 13.8. The monoisotopic (exact) mass is 480 g/mol. The van der Waals surface area contributed by atoms with Crippen molar-refractivity contribution in [3.63, 3.8) is 0 Å². The predicted molar refractivity (Wildman–Crippen MR) is 121 cm³/mol. The third-order valence-corrected chi connectivity index (χ3v) is 5.26. The van der Waals surface area contributed by atoms with Crippen molar-refractivity contribution in [2.75, 3.05) is 6.54 Å². The molecule has 1 aromatic rings. The lowest BCUT2D eigenvalue weighted by atomic mass is 9.98. The van der Waals surface area contributed by atoms with Crippen LogP contribution in [0.4, 0.5) is 0 Å². The van der Waals surface area contributed by atoms with Crippen molar-refractivity contribution < 1.29 is 39.3 Å². The van der Waals surface area contributed by atoms with Gasteiger partial charge in [-0.05, 0) is 30.0 Å². The van der Waals surface area contributed by atoms with Gasteiger partial charge in [0, 0.05) is 12.8 Å². The van der Waals surface area contributed by atoms with Crippen LogP contribution in [0.3, 0.4) is 0 Å².